The zero-order valence-electron chi connectivity index (χ0n) is 16.3. The predicted molar refractivity (Wildman–Crippen MR) is 124 cm³/mol. The van der Waals surface area contributed by atoms with Gasteiger partial charge in [0.2, 0.25) is 5.88 Å². The second-order valence-electron chi connectivity index (χ2n) is 5.89. The van der Waals surface area contributed by atoms with Gasteiger partial charge in [0.1, 0.15) is 11.5 Å². The van der Waals surface area contributed by atoms with Crippen molar-refractivity contribution in [3.63, 3.8) is 0 Å². The van der Waals surface area contributed by atoms with Crippen LogP contribution in [0.25, 0.3) is 0 Å². The fraction of sp³-hybridized carbons (Fsp3) is 0.190. The van der Waals surface area contributed by atoms with E-state index in [1.165, 1.54) is 0 Å². The number of aromatic nitrogens is 2. The van der Waals surface area contributed by atoms with E-state index in [2.05, 4.69) is 25.6 Å². The Morgan fingerprint density at radius 3 is 2.48 bits per heavy atom. The summed E-state index contributed by atoms with van der Waals surface area (Å²) in [6, 6.07) is 17.0. The summed E-state index contributed by atoms with van der Waals surface area (Å²) in [6.45, 7) is 1.19. The highest BCUT2D eigenvalue weighted by atomic mass is 127. The Labute approximate surface area is 187 Å². The van der Waals surface area contributed by atoms with Gasteiger partial charge in [-0.2, -0.15) is 0 Å². The van der Waals surface area contributed by atoms with Crippen molar-refractivity contribution in [3.05, 3.63) is 78.2 Å². The smallest absolute Gasteiger partial charge is 0.219 e. The van der Waals surface area contributed by atoms with E-state index in [1.807, 2.05) is 54.6 Å². The van der Waals surface area contributed by atoms with E-state index in [-0.39, 0.29) is 24.0 Å². The van der Waals surface area contributed by atoms with Gasteiger partial charge in [-0.3, -0.25) is 9.98 Å². The molecule has 0 spiro atoms. The summed E-state index contributed by atoms with van der Waals surface area (Å²) in [5, 5.41) is 6.48. The van der Waals surface area contributed by atoms with Gasteiger partial charge in [0.15, 0.2) is 5.96 Å². The van der Waals surface area contributed by atoms with E-state index in [0.29, 0.717) is 30.7 Å². The van der Waals surface area contributed by atoms with Crippen LogP contribution in [0, 0.1) is 0 Å². The molecule has 0 amide bonds. The van der Waals surface area contributed by atoms with Crippen LogP contribution < -0.4 is 20.1 Å². The van der Waals surface area contributed by atoms with E-state index < -0.39 is 0 Å². The summed E-state index contributed by atoms with van der Waals surface area (Å²) in [5.41, 5.74) is 1.96. The number of guanidine groups is 1. The molecule has 2 N–H and O–H groups in total. The fourth-order valence-corrected chi connectivity index (χ4v) is 2.44. The summed E-state index contributed by atoms with van der Waals surface area (Å²) in [4.78, 5) is 12.9. The van der Waals surface area contributed by atoms with Crippen LogP contribution in [-0.2, 0) is 13.1 Å². The SMILES string of the molecule is CN=C(NCc1ccc(Oc2cccc(OC)c2)nc1)NCc1ccccn1.I. The van der Waals surface area contributed by atoms with Gasteiger partial charge < -0.3 is 20.1 Å². The monoisotopic (exact) mass is 505 g/mol. The van der Waals surface area contributed by atoms with Crippen LogP contribution >= 0.6 is 24.0 Å². The average molecular weight is 505 g/mol. The summed E-state index contributed by atoms with van der Waals surface area (Å²) in [5.74, 6) is 2.64. The highest BCUT2D eigenvalue weighted by Gasteiger charge is 2.03. The molecule has 0 unspecified atom stereocenters. The van der Waals surface area contributed by atoms with Gasteiger partial charge in [-0.1, -0.05) is 18.2 Å². The van der Waals surface area contributed by atoms with E-state index >= 15 is 0 Å². The molecular weight excluding hydrogens is 481 g/mol. The molecule has 3 aromatic rings. The van der Waals surface area contributed by atoms with Crippen molar-refractivity contribution in [1.82, 2.24) is 20.6 Å². The van der Waals surface area contributed by atoms with Crippen LogP contribution in [0.1, 0.15) is 11.3 Å². The third kappa shape index (κ3) is 7.22. The van der Waals surface area contributed by atoms with Crippen LogP contribution in [0.15, 0.2) is 72.0 Å². The Balaban J connectivity index is 0.00000300. The predicted octanol–water partition coefficient (Wildman–Crippen LogP) is 3.76. The molecule has 152 valence electrons. The number of benzene rings is 1. The molecule has 3 rings (SSSR count). The lowest BCUT2D eigenvalue weighted by Crippen LogP contribution is -2.36. The van der Waals surface area contributed by atoms with Crippen LogP contribution in [0.3, 0.4) is 0 Å². The summed E-state index contributed by atoms with van der Waals surface area (Å²) in [6.07, 6.45) is 3.54. The van der Waals surface area contributed by atoms with Gasteiger partial charge >= 0.3 is 0 Å². The van der Waals surface area contributed by atoms with E-state index in [4.69, 9.17) is 9.47 Å². The van der Waals surface area contributed by atoms with Crippen LogP contribution in [0.2, 0.25) is 0 Å². The molecule has 0 fully saturated rings. The first kappa shape index (κ1) is 22.4. The third-order valence-corrected chi connectivity index (χ3v) is 3.91. The van der Waals surface area contributed by atoms with Crippen molar-refractivity contribution in [3.8, 4) is 17.4 Å². The van der Waals surface area contributed by atoms with Crippen molar-refractivity contribution < 1.29 is 9.47 Å². The minimum Gasteiger partial charge on any atom is -0.497 e. The lowest BCUT2D eigenvalue weighted by atomic mass is 10.3. The molecule has 0 saturated heterocycles. The summed E-state index contributed by atoms with van der Waals surface area (Å²) < 4.78 is 11.0. The van der Waals surface area contributed by atoms with Gasteiger partial charge in [-0.15, -0.1) is 24.0 Å². The maximum atomic E-state index is 5.76. The first-order valence-corrected chi connectivity index (χ1v) is 8.88. The molecule has 29 heavy (non-hydrogen) atoms. The van der Waals surface area contributed by atoms with Gasteiger partial charge in [0.05, 0.1) is 19.3 Å². The number of ether oxygens (including phenoxy) is 2. The van der Waals surface area contributed by atoms with Gasteiger partial charge in [-0.05, 0) is 29.8 Å². The molecule has 2 aromatic heterocycles. The summed E-state index contributed by atoms with van der Waals surface area (Å²) >= 11 is 0. The molecule has 0 aliphatic carbocycles. The van der Waals surface area contributed by atoms with Crippen molar-refractivity contribution in [1.29, 1.82) is 0 Å². The Hall–Kier alpha value is -2.88. The first-order chi connectivity index (χ1) is 13.8. The number of nitrogens with zero attached hydrogens (tertiary/aromatic N) is 3. The first-order valence-electron chi connectivity index (χ1n) is 8.88. The van der Waals surface area contributed by atoms with E-state index in [1.54, 1.807) is 26.6 Å². The normalized spacial score (nSPS) is 10.6. The number of methoxy groups -OCH3 is 1. The molecule has 0 aliphatic rings. The molecule has 2 heterocycles. The number of aliphatic imine (C=N–C) groups is 1. The Morgan fingerprint density at radius 2 is 1.79 bits per heavy atom. The van der Waals surface area contributed by atoms with Crippen LogP contribution in [-0.4, -0.2) is 30.1 Å². The zero-order valence-corrected chi connectivity index (χ0v) is 18.7. The standard InChI is InChI=1S/C21H23N5O2.HI/c1-22-21(26-15-17-6-3-4-11-23-17)25-14-16-9-10-20(24-13-16)28-19-8-5-7-18(12-19)27-2;/h3-13H,14-15H2,1-2H3,(H2,22,25,26);1H. The molecule has 0 bridgehead atoms. The molecule has 1 aromatic carbocycles. The highest BCUT2D eigenvalue weighted by molar-refractivity contribution is 14.0. The molecular formula is C21H24IN5O2. The lowest BCUT2D eigenvalue weighted by molar-refractivity contribution is 0.407. The largest absolute Gasteiger partial charge is 0.497 e. The number of hydrogen-bond donors (Lipinski definition) is 2. The third-order valence-electron chi connectivity index (χ3n) is 3.91. The maximum Gasteiger partial charge on any atom is 0.219 e. The number of hydrogen-bond acceptors (Lipinski definition) is 5. The average Bonchev–Trinajstić information content (AvgIpc) is 2.76. The van der Waals surface area contributed by atoms with Crippen molar-refractivity contribution in [2.45, 2.75) is 13.1 Å². The Kier molecular flexibility index (Phi) is 9.16. The maximum absolute atomic E-state index is 5.76. The van der Waals surface area contributed by atoms with Crippen molar-refractivity contribution in [2.75, 3.05) is 14.2 Å². The van der Waals surface area contributed by atoms with Crippen LogP contribution in [0.5, 0.6) is 17.4 Å². The number of pyridine rings is 2. The highest BCUT2D eigenvalue weighted by Crippen LogP contribution is 2.23. The van der Waals surface area contributed by atoms with Gasteiger partial charge in [0.25, 0.3) is 0 Å². The van der Waals surface area contributed by atoms with Crippen LogP contribution in [0.4, 0.5) is 0 Å². The summed E-state index contributed by atoms with van der Waals surface area (Å²) in [7, 11) is 3.36. The van der Waals surface area contributed by atoms with Gasteiger partial charge in [0, 0.05) is 38.1 Å². The van der Waals surface area contributed by atoms with Crippen molar-refractivity contribution >= 4 is 29.9 Å². The van der Waals surface area contributed by atoms with Gasteiger partial charge in [-0.25, -0.2) is 4.98 Å². The zero-order chi connectivity index (χ0) is 19.6. The Bertz CT molecular complexity index is 904. The molecule has 0 radical (unpaired) electrons. The lowest BCUT2D eigenvalue weighted by Gasteiger charge is -2.12. The minimum atomic E-state index is 0. The number of rotatable bonds is 7. The second kappa shape index (κ2) is 11.8. The second-order valence-corrected chi connectivity index (χ2v) is 5.89. The number of nitrogens with one attached hydrogen (secondary N) is 2. The quantitative estimate of drug-likeness (QED) is 0.289. The molecule has 8 heteroatoms. The van der Waals surface area contributed by atoms with E-state index in [9.17, 15) is 0 Å². The number of halogens is 1. The van der Waals surface area contributed by atoms with E-state index in [0.717, 1.165) is 17.0 Å². The Morgan fingerprint density at radius 1 is 0.966 bits per heavy atom. The fourth-order valence-electron chi connectivity index (χ4n) is 2.44. The molecule has 0 atom stereocenters. The minimum absolute atomic E-state index is 0. The topological polar surface area (TPSA) is 80.7 Å². The molecule has 0 aliphatic heterocycles. The molecule has 0 saturated carbocycles. The molecule has 7 nitrogen and oxygen atoms in total. The van der Waals surface area contributed by atoms with Crippen molar-refractivity contribution in [2.24, 2.45) is 4.99 Å².